The van der Waals surface area contributed by atoms with E-state index in [9.17, 15) is 14.0 Å². The van der Waals surface area contributed by atoms with Gasteiger partial charge in [0.1, 0.15) is 5.82 Å². The molecule has 4 nitrogen and oxygen atoms in total. The normalized spacial score (nSPS) is 10.0. The highest BCUT2D eigenvalue weighted by molar-refractivity contribution is 6.31. The van der Waals surface area contributed by atoms with Crippen molar-refractivity contribution in [3.8, 4) is 0 Å². The number of halogens is 2. The van der Waals surface area contributed by atoms with Crippen LogP contribution in [0.15, 0.2) is 42.5 Å². The molecule has 0 unspecified atom stereocenters. The first-order valence-electron chi connectivity index (χ1n) is 6.10. The Labute approximate surface area is 125 Å². The van der Waals surface area contributed by atoms with Gasteiger partial charge in [0.05, 0.1) is 5.02 Å². The first-order valence-corrected chi connectivity index (χ1v) is 6.47. The fourth-order valence-electron chi connectivity index (χ4n) is 1.68. The summed E-state index contributed by atoms with van der Waals surface area (Å²) >= 11 is 5.63. The van der Waals surface area contributed by atoms with Crippen molar-refractivity contribution < 1.29 is 14.0 Å². The Morgan fingerprint density at radius 2 is 1.57 bits per heavy atom. The van der Waals surface area contributed by atoms with Crippen LogP contribution >= 0.6 is 11.6 Å². The Morgan fingerprint density at radius 3 is 2.10 bits per heavy atom. The Hall–Kier alpha value is -2.40. The maximum Gasteiger partial charge on any atom is 0.255 e. The Bertz CT molecular complexity index is 687. The predicted molar refractivity (Wildman–Crippen MR) is 80.1 cm³/mol. The van der Waals surface area contributed by atoms with Crippen LogP contribution < -0.4 is 10.6 Å². The summed E-state index contributed by atoms with van der Waals surface area (Å²) in [4.78, 5) is 22.9. The number of hydrogen-bond acceptors (Lipinski definition) is 2. The first-order chi connectivity index (χ1) is 9.95. The van der Waals surface area contributed by atoms with Crippen molar-refractivity contribution in [3.05, 3.63) is 58.9 Å². The molecule has 2 aromatic rings. The third-order valence-electron chi connectivity index (χ3n) is 2.64. The smallest absolute Gasteiger partial charge is 0.255 e. The number of amides is 2. The van der Waals surface area contributed by atoms with Crippen LogP contribution in [0.2, 0.25) is 5.02 Å². The van der Waals surface area contributed by atoms with Gasteiger partial charge in [-0.15, -0.1) is 0 Å². The zero-order valence-electron chi connectivity index (χ0n) is 11.1. The van der Waals surface area contributed by atoms with E-state index >= 15 is 0 Å². The molecule has 0 fully saturated rings. The van der Waals surface area contributed by atoms with Crippen LogP contribution in [-0.4, -0.2) is 11.8 Å². The zero-order chi connectivity index (χ0) is 15.4. The topological polar surface area (TPSA) is 58.2 Å². The van der Waals surface area contributed by atoms with E-state index in [4.69, 9.17) is 11.6 Å². The Kier molecular flexibility index (Phi) is 4.55. The summed E-state index contributed by atoms with van der Waals surface area (Å²) in [5.74, 6) is -1.15. The van der Waals surface area contributed by atoms with E-state index < -0.39 is 11.7 Å². The molecule has 2 amide bonds. The van der Waals surface area contributed by atoms with E-state index in [1.165, 1.54) is 19.1 Å². The van der Waals surface area contributed by atoms with Gasteiger partial charge in [-0.05, 0) is 42.5 Å². The molecule has 2 aromatic carbocycles. The van der Waals surface area contributed by atoms with Crippen LogP contribution in [-0.2, 0) is 4.79 Å². The molecule has 0 bridgehead atoms. The van der Waals surface area contributed by atoms with E-state index in [1.54, 1.807) is 24.3 Å². The molecule has 0 heterocycles. The van der Waals surface area contributed by atoms with Gasteiger partial charge in [0, 0.05) is 23.9 Å². The van der Waals surface area contributed by atoms with Gasteiger partial charge < -0.3 is 10.6 Å². The fourth-order valence-corrected chi connectivity index (χ4v) is 1.86. The molecule has 0 aromatic heterocycles. The molecule has 0 atom stereocenters. The van der Waals surface area contributed by atoms with Crippen molar-refractivity contribution in [1.82, 2.24) is 0 Å². The quantitative estimate of drug-likeness (QED) is 0.908. The number of benzene rings is 2. The van der Waals surface area contributed by atoms with Crippen LogP contribution in [0.4, 0.5) is 15.8 Å². The molecule has 2 rings (SSSR count). The number of carbonyl (C=O) groups is 2. The van der Waals surface area contributed by atoms with E-state index in [-0.39, 0.29) is 16.5 Å². The Morgan fingerprint density at radius 1 is 1.00 bits per heavy atom. The maximum atomic E-state index is 13.0. The lowest BCUT2D eigenvalue weighted by Gasteiger charge is -2.07. The molecule has 0 saturated carbocycles. The third kappa shape index (κ3) is 4.03. The summed E-state index contributed by atoms with van der Waals surface area (Å²) in [5.41, 5.74) is 1.44. The Balaban J connectivity index is 2.08. The average molecular weight is 307 g/mol. The number of rotatable bonds is 3. The van der Waals surface area contributed by atoms with Crippen LogP contribution in [0.3, 0.4) is 0 Å². The van der Waals surface area contributed by atoms with E-state index in [0.29, 0.717) is 11.4 Å². The predicted octanol–water partition coefficient (Wildman–Crippen LogP) is 3.69. The SMILES string of the molecule is CC(=O)Nc1ccc(NC(=O)c2ccc(F)c(Cl)c2)cc1. The molecular formula is C15H12ClFN2O2. The van der Waals surface area contributed by atoms with Gasteiger partial charge in [-0.3, -0.25) is 9.59 Å². The summed E-state index contributed by atoms with van der Waals surface area (Å²) in [6.45, 7) is 1.41. The minimum Gasteiger partial charge on any atom is -0.326 e. The lowest BCUT2D eigenvalue weighted by atomic mass is 10.2. The van der Waals surface area contributed by atoms with Gasteiger partial charge in [-0.1, -0.05) is 11.6 Å². The largest absolute Gasteiger partial charge is 0.326 e. The molecule has 0 saturated heterocycles. The monoisotopic (exact) mass is 306 g/mol. The lowest BCUT2D eigenvalue weighted by molar-refractivity contribution is -0.114. The molecule has 0 spiro atoms. The van der Waals surface area contributed by atoms with E-state index in [2.05, 4.69) is 10.6 Å². The second kappa shape index (κ2) is 6.37. The van der Waals surface area contributed by atoms with Crippen molar-refractivity contribution in [2.24, 2.45) is 0 Å². The van der Waals surface area contributed by atoms with Crippen LogP contribution in [0, 0.1) is 5.82 Å². The van der Waals surface area contributed by atoms with Crippen LogP contribution in [0.5, 0.6) is 0 Å². The standard InChI is InChI=1S/C15H12ClFN2O2/c1-9(20)18-11-3-5-12(6-4-11)19-15(21)10-2-7-14(17)13(16)8-10/h2-8H,1H3,(H,18,20)(H,19,21). The second-order valence-electron chi connectivity index (χ2n) is 4.34. The molecular weight excluding hydrogens is 295 g/mol. The summed E-state index contributed by atoms with van der Waals surface area (Å²) < 4.78 is 13.0. The molecule has 0 aliphatic rings. The second-order valence-corrected chi connectivity index (χ2v) is 4.75. The van der Waals surface area contributed by atoms with Gasteiger partial charge in [0.2, 0.25) is 5.91 Å². The lowest BCUT2D eigenvalue weighted by Crippen LogP contribution is -2.12. The minimum absolute atomic E-state index is 0.108. The van der Waals surface area contributed by atoms with Crippen molar-refractivity contribution >= 4 is 34.8 Å². The van der Waals surface area contributed by atoms with Crippen molar-refractivity contribution in [3.63, 3.8) is 0 Å². The molecule has 108 valence electrons. The minimum atomic E-state index is -0.576. The van der Waals surface area contributed by atoms with E-state index in [1.807, 2.05) is 0 Å². The van der Waals surface area contributed by atoms with Gasteiger partial charge in [-0.2, -0.15) is 0 Å². The maximum absolute atomic E-state index is 13.0. The number of nitrogens with one attached hydrogen (secondary N) is 2. The first kappa shape index (κ1) is 15.0. The highest BCUT2D eigenvalue weighted by Gasteiger charge is 2.09. The van der Waals surface area contributed by atoms with Gasteiger partial charge in [0.15, 0.2) is 0 Å². The summed E-state index contributed by atoms with van der Waals surface area (Å²) in [7, 11) is 0. The molecule has 0 aliphatic heterocycles. The van der Waals surface area contributed by atoms with Crippen molar-refractivity contribution in [2.45, 2.75) is 6.92 Å². The van der Waals surface area contributed by atoms with Crippen LogP contribution in [0.1, 0.15) is 17.3 Å². The average Bonchev–Trinajstić information content (AvgIpc) is 2.43. The van der Waals surface area contributed by atoms with Gasteiger partial charge in [-0.25, -0.2) is 4.39 Å². The number of carbonyl (C=O) groups excluding carboxylic acids is 2. The number of anilines is 2. The molecule has 0 aliphatic carbocycles. The highest BCUT2D eigenvalue weighted by atomic mass is 35.5. The van der Waals surface area contributed by atoms with Crippen LogP contribution in [0.25, 0.3) is 0 Å². The van der Waals surface area contributed by atoms with Gasteiger partial charge >= 0.3 is 0 Å². The summed E-state index contributed by atoms with van der Waals surface area (Å²) in [6.07, 6.45) is 0. The molecule has 21 heavy (non-hydrogen) atoms. The third-order valence-corrected chi connectivity index (χ3v) is 2.93. The van der Waals surface area contributed by atoms with Crippen molar-refractivity contribution in [2.75, 3.05) is 10.6 Å². The zero-order valence-corrected chi connectivity index (χ0v) is 11.9. The highest BCUT2D eigenvalue weighted by Crippen LogP contribution is 2.18. The van der Waals surface area contributed by atoms with Crippen molar-refractivity contribution in [1.29, 1.82) is 0 Å². The summed E-state index contributed by atoms with van der Waals surface area (Å²) in [5, 5.41) is 5.16. The molecule has 6 heteroatoms. The van der Waals surface area contributed by atoms with Gasteiger partial charge in [0.25, 0.3) is 5.91 Å². The number of hydrogen-bond donors (Lipinski definition) is 2. The summed E-state index contributed by atoms with van der Waals surface area (Å²) in [6, 6.07) is 10.4. The van der Waals surface area contributed by atoms with E-state index in [0.717, 1.165) is 6.07 Å². The fraction of sp³-hybridized carbons (Fsp3) is 0.0667. The molecule has 2 N–H and O–H groups in total. The molecule has 0 radical (unpaired) electrons.